The summed E-state index contributed by atoms with van der Waals surface area (Å²) < 4.78 is 1.32. The van der Waals surface area contributed by atoms with E-state index < -0.39 is 11.1 Å². The summed E-state index contributed by atoms with van der Waals surface area (Å²) >= 11 is 6.94. The number of H-pyrrole nitrogens is 1. The van der Waals surface area contributed by atoms with Crippen LogP contribution < -0.4 is 11.1 Å². The van der Waals surface area contributed by atoms with E-state index in [0.29, 0.717) is 15.5 Å². The second-order valence-corrected chi connectivity index (χ2v) is 5.00. The Hall–Kier alpha value is -2.04. The molecular formula is C11H7ClN4O2S. The van der Waals surface area contributed by atoms with Gasteiger partial charge in [0.2, 0.25) is 0 Å². The SMILES string of the molecule is Cn1[nH]c(=O)c(=O)nc1Sc1cc(Cl)ccc1C#N. The highest BCUT2D eigenvalue weighted by atomic mass is 35.5. The molecule has 0 bridgehead atoms. The van der Waals surface area contributed by atoms with Crippen molar-refractivity contribution >= 4 is 23.4 Å². The van der Waals surface area contributed by atoms with E-state index in [1.54, 1.807) is 25.2 Å². The van der Waals surface area contributed by atoms with Gasteiger partial charge in [-0.2, -0.15) is 10.2 Å². The molecule has 0 aliphatic heterocycles. The molecule has 0 saturated carbocycles. The van der Waals surface area contributed by atoms with Crippen LogP contribution >= 0.6 is 23.4 Å². The van der Waals surface area contributed by atoms with E-state index in [2.05, 4.69) is 10.1 Å². The van der Waals surface area contributed by atoms with Gasteiger partial charge < -0.3 is 0 Å². The van der Waals surface area contributed by atoms with Crippen LogP contribution in [0.25, 0.3) is 0 Å². The van der Waals surface area contributed by atoms with Gasteiger partial charge in [-0.1, -0.05) is 11.6 Å². The third-order valence-corrected chi connectivity index (χ3v) is 3.55. The van der Waals surface area contributed by atoms with Crippen LogP contribution in [0.1, 0.15) is 5.56 Å². The lowest BCUT2D eigenvalue weighted by molar-refractivity contribution is 0.596. The van der Waals surface area contributed by atoms with Crippen molar-refractivity contribution in [2.75, 3.05) is 0 Å². The molecule has 19 heavy (non-hydrogen) atoms. The van der Waals surface area contributed by atoms with Crippen LogP contribution in [0.15, 0.2) is 37.8 Å². The molecule has 0 aliphatic carbocycles. The van der Waals surface area contributed by atoms with Crippen LogP contribution in [0.2, 0.25) is 5.02 Å². The van der Waals surface area contributed by atoms with Gasteiger partial charge in [-0.05, 0) is 30.0 Å². The number of nitrogens with one attached hydrogen (secondary N) is 1. The molecule has 0 unspecified atom stereocenters. The molecule has 6 nitrogen and oxygen atoms in total. The lowest BCUT2D eigenvalue weighted by Crippen LogP contribution is -2.33. The molecule has 0 spiro atoms. The zero-order valence-corrected chi connectivity index (χ0v) is 11.2. The van der Waals surface area contributed by atoms with Crippen molar-refractivity contribution < 1.29 is 0 Å². The van der Waals surface area contributed by atoms with Gasteiger partial charge >= 0.3 is 11.1 Å². The number of hydrogen-bond acceptors (Lipinski definition) is 5. The first-order valence-corrected chi connectivity index (χ1v) is 6.25. The first-order chi connectivity index (χ1) is 9.01. The number of rotatable bonds is 2. The molecular weight excluding hydrogens is 288 g/mol. The summed E-state index contributed by atoms with van der Waals surface area (Å²) in [5, 5.41) is 12.1. The van der Waals surface area contributed by atoms with E-state index in [0.717, 1.165) is 11.8 Å². The van der Waals surface area contributed by atoms with Gasteiger partial charge in [0.05, 0.1) is 5.56 Å². The Kier molecular flexibility index (Phi) is 3.74. The molecule has 0 saturated heterocycles. The monoisotopic (exact) mass is 294 g/mol. The minimum Gasteiger partial charge on any atom is -0.265 e. The maximum atomic E-state index is 11.2. The van der Waals surface area contributed by atoms with Crippen molar-refractivity contribution in [2.45, 2.75) is 10.1 Å². The summed E-state index contributed by atoms with van der Waals surface area (Å²) in [7, 11) is 1.55. The molecule has 2 aromatic rings. The van der Waals surface area contributed by atoms with Crippen LogP contribution in [0.5, 0.6) is 0 Å². The summed E-state index contributed by atoms with van der Waals surface area (Å²) in [5.74, 6) is 0. The Morgan fingerprint density at radius 3 is 2.89 bits per heavy atom. The lowest BCUT2D eigenvalue weighted by Gasteiger charge is -2.07. The minimum atomic E-state index is -0.874. The Morgan fingerprint density at radius 2 is 2.21 bits per heavy atom. The van der Waals surface area contributed by atoms with Gasteiger partial charge in [0.25, 0.3) is 0 Å². The van der Waals surface area contributed by atoms with Gasteiger partial charge in [0, 0.05) is 17.0 Å². The summed E-state index contributed by atoms with van der Waals surface area (Å²) in [5.41, 5.74) is -1.26. The maximum Gasteiger partial charge on any atom is 0.339 e. The summed E-state index contributed by atoms with van der Waals surface area (Å²) in [6.07, 6.45) is 0. The zero-order chi connectivity index (χ0) is 14.0. The number of halogens is 1. The fraction of sp³-hybridized carbons (Fsp3) is 0.0909. The van der Waals surface area contributed by atoms with Gasteiger partial charge in [0.1, 0.15) is 6.07 Å². The second kappa shape index (κ2) is 5.30. The molecule has 1 aromatic heterocycles. The van der Waals surface area contributed by atoms with E-state index in [1.807, 2.05) is 6.07 Å². The molecule has 1 N–H and O–H groups in total. The van der Waals surface area contributed by atoms with Crippen molar-refractivity contribution in [1.82, 2.24) is 14.8 Å². The fourth-order valence-corrected chi connectivity index (χ4v) is 2.48. The maximum absolute atomic E-state index is 11.2. The van der Waals surface area contributed by atoms with Crippen LogP contribution in [0.3, 0.4) is 0 Å². The summed E-state index contributed by atoms with van der Waals surface area (Å²) in [4.78, 5) is 26.5. The lowest BCUT2D eigenvalue weighted by atomic mass is 10.2. The number of aryl methyl sites for hydroxylation is 1. The Balaban J connectivity index is 2.50. The average molecular weight is 295 g/mol. The smallest absolute Gasteiger partial charge is 0.265 e. The largest absolute Gasteiger partial charge is 0.339 e. The first kappa shape index (κ1) is 13.4. The van der Waals surface area contributed by atoms with Crippen LogP contribution in [0.4, 0.5) is 0 Å². The molecule has 0 radical (unpaired) electrons. The van der Waals surface area contributed by atoms with E-state index in [4.69, 9.17) is 16.9 Å². The number of aromatic amines is 1. The van der Waals surface area contributed by atoms with Gasteiger partial charge in [-0.25, -0.2) is 0 Å². The fourth-order valence-electron chi connectivity index (χ4n) is 1.32. The molecule has 2 rings (SSSR count). The predicted molar refractivity (Wildman–Crippen MR) is 70.4 cm³/mol. The molecule has 0 fully saturated rings. The predicted octanol–water partition coefficient (Wildman–Crippen LogP) is 1.14. The van der Waals surface area contributed by atoms with E-state index in [1.165, 1.54) is 4.68 Å². The first-order valence-electron chi connectivity index (χ1n) is 5.06. The van der Waals surface area contributed by atoms with E-state index in [9.17, 15) is 9.59 Å². The normalized spacial score (nSPS) is 10.2. The van der Waals surface area contributed by atoms with Gasteiger partial charge in [0.15, 0.2) is 5.16 Å². The van der Waals surface area contributed by atoms with Crippen molar-refractivity contribution in [3.8, 4) is 6.07 Å². The Labute approximate surface area is 116 Å². The Morgan fingerprint density at radius 1 is 1.47 bits per heavy atom. The van der Waals surface area contributed by atoms with E-state index in [-0.39, 0.29) is 5.16 Å². The summed E-state index contributed by atoms with van der Waals surface area (Å²) in [6, 6.07) is 6.80. The minimum absolute atomic E-state index is 0.267. The zero-order valence-electron chi connectivity index (χ0n) is 9.68. The average Bonchev–Trinajstić information content (AvgIpc) is 2.36. The highest BCUT2D eigenvalue weighted by molar-refractivity contribution is 7.99. The van der Waals surface area contributed by atoms with Crippen molar-refractivity contribution in [1.29, 1.82) is 5.26 Å². The van der Waals surface area contributed by atoms with Crippen molar-refractivity contribution in [3.05, 3.63) is 49.5 Å². The van der Waals surface area contributed by atoms with E-state index >= 15 is 0 Å². The molecule has 1 heterocycles. The summed E-state index contributed by atoms with van der Waals surface area (Å²) in [6.45, 7) is 0. The van der Waals surface area contributed by atoms with Gasteiger partial charge in [-0.3, -0.25) is 19.4 Å². The number of benzene rings is 1. The Bertz CT molecular complexity index is 791. The molecule has 1 aromatic carbocycles. The second-order valence-electron chi connectivity index (χ2n) is 3.55. The molecule has 96 valence electrons. The van der Waals surface area contributed by atoms with Crippen LogP contribution in [-0.2, 0) is 7.05 Å². The van der Waals surface area contributed by atoms with Crippen LogP contribution in [-0.4, -0.2) is 14.8 Å². The molecule has 0 atom stereocenters. The number of aromatic nitrogens is 3. The highest BCUT2D eigenvalue weighted by Crippen LogP contribution is 2.29. The standard InChI is InChI=1S/C11H7ClN4O2S/c1-16-11(14-9(17)10(18)15-16)19-8-4-7(12)3-2-6(8)5-13/h2-4H,1H3,(H,15,18). The number of nitrogens with zero attached hydrogens (tertiary/aromatic N) is 3. The number of hydrogen-bond donors (Lipinski definition) is 1. The van der Waals surface area contributed by atoms with Gasteiger partial charge in [-0.15, -0.1) is 0 Å². The molecule has 0 amide bonds. The third-order valence-electron chi connectivity index (χ3n) is 2.21. The quantitative estimate of drug-likeness (QED) is 0.839. The van der Waals surface area contributed by atoms with Crippen LogP contribution in [0, 0.1) is 11.3 Å². The molecule has 8 heteroatoms. The molecule has 0 aliphatic rings. The topological polar surface area (TPSA) is 91.5 Å². The third kappa shape index (κ3) is 2.86. The highest BCUT2D eigenvalue weighted by Gasteiger charge is 2.10. The number of nitriles is 1. The van der Waals surface area contributed by atoms with Crippen molar-refractivity contribution in [2.24, 2.45) is 7.05 Å². The van der Waals surface area contributed by atoms with Crippen molar-refractivity contribution in [3.63, 3.8) is 0 Å².